The van der Waals surface area contributed by atoms with E-state index in [0.717, 1.165) is 10.8 Å². The van der Waals surface area contributed by atoms with Gasteiger partial charge in [-0.15, -0.1) is 0 Å². The summed E-state index contributed by atoms with van der Waals surface area (Å²) >= 11 is 0. The van der Waals surface area contributed by atoms with Crippen molar-refractivity contribution in [3.05, 3.63) is 64.1 Å². The molecule has 2 aliphatic rings. The van der Waals surface area contributed by atoms with Gasteiger partial charge in [-0.25, -0.2) is 4.79 Å². The average Bonchev–Trinajstić information content (AvgIpc) is 3.03. The number of carbonyl (C=O) groups excluding carboxylic acids is 1. The van der Waals surface area contributed by atoms with Gasteiger partial charge in [-0.05, 0) is 48.1 Å². The van der Waals surface area contributed by atoms with Crippen molar-refractivity contribution in [2.75, 3.05) is 0 Å². The molecule has 0 spiro atoms. The van der Waals surface area contributed by atoms with Crippen LogP contribution in [0.25, 0.3) is 27.2 Å². The summed E-state index contributed by atoms with van der Waals surface area (Å²) in [5.41, 5.74) is 1.72. The Morgan fingerprint density at radius 3 is 2.55 bits per heavy atom. The minimum Gasteiger partial charge on any atom is -0.477 e. The zero-order valence-electron chi connectivity index (χ0n) is 15.5. The molecule has 0 saturated carbocycles. The fourth-order valence-electron chi connectivity index (χ4n) is 4.70. The van der Waals surface area contributed by atoms with Crippen molar-refractivity contribution in [3.8, 4) is 0 Å². The Kier molecular flexibility index (Phi) is 3.66. The van der Waals surface area contributed by atoms with Crippen LogP contribution in [-0.2, 0) is 9.59 Å². The van der Waals surface area contributed by atoms with E-state index in [1.807, 2.05) is 18.2 Å². The third-order valence-electron chi connectivity index (χ3n) is 6.01. The fraction of sp³-hybridized carbons (Fsp3) is 0.227. The van der Waals surface area contributed by atoms with Crippen LogP contribution in [-0.4, -0.2) is 44.1 Å². The van der Waals surface area contributed by atoms with Crippen molar-refractivity contribution in [3.63, 3.8) is 0 Å². The van der Waals surface area contributed by atoms with E-state index >= 15 is 0 Å². The minimum absolute atomic E-state index is 0.0232. The first-order chi connectivity index (χ1) is 13.9. The number of amides is 1. The Hall–Kier alpha value is -3.45. The first-order valence-corrected chi connectivity index (χ1v) is 9.41. The number of carbonyl (C=O) groups is 2. The Labute approximate surface area is 164 Å². The maximum atomic E-state index is 12.4. The van der Waals surface area contributed by atoms with Gasteiger partial charge in [0.05, 0.1) is 18.1 Å². The minimum atomic E-state index is -1.16. The summed E-state index contributed by atoms with van der Waals surface area (Å²) in [6.07, 6.45) is -0.459. The quantitative estimate of drug-likeness (QED) is 0.468. The zero-order valence-corrected chi connectivity index (χ0v) is 15.5. The zero-order chi connectivity index (χ0) is 20.4. The van der Waals surface area contributed by atoms with Crippen molar-refractivity contribution in [1.29, 1.82) is 0 Å². The molecule has 146 valence electrons. The molecule has 7 nitrogen and oxygen atoms in total. The molecule has 3 aromatic rings. The second-order valence-corrected chi connectivity index (χ2v) is 7.64. The van der Waals surface area contributed by atoms with Crippen molar-refractivity contribution in [2.45, 2.75) is 25.5 Å². The third kappa shape index (κ3) is 2.37. The molecule has 3 heterocycles. The number of nitrogens with zero attached hydrogens (tertiary/aromatic N) is 1. The van der Waals surface area contributed by atoms with Gasteiger partial charge < -0.3 is 20.1 Å². The van der Waals surface area contributed by atoms with E-state index in [0.29, 0.717) is 28.5 Å². The lowest BCUT2D eigenvalue weighted by molar-refractivity contribution is -0.161. The van der Waals surface area contributed by atoms with E-state index in [1.165, 1.54) is 4.90 Å². The Morgan fingerprint density at radius 2 is 1.86 bits per heavy atom. The molecule has 2 aromatic carbocycles. The number of hydrogen-bond acceptors (Lipinski definition) is 4. The lowest BCUT2D eigenvalue weighted by atomic mass is 9.82. The molecule has 7 heteroatoms. The number of carboxylic acids is 1. The molecule has 0 bridgehead atoms. The molecule has 3 atom stereocenters. The molecular weight excluding hydrogens is 372 g/mol. The third-order valence-corrected chi connectivity index (χ3v) is 6.01. The highest BCUT2D eigenvalue weighted by atomic mass is 16.4. The van der Waals surface area contributed by atoms with Crippen LogP contribution in [0.2, 0.25) is 0 Å². The van der Waals surface area contributed by atoms with Gasteiger partial charge in [-0.3, -0.25) is 9.59 Å². The second kappa shape index (κ2) is 6.02. The van der Waals surface area contributed by atoms with Crippen LogP contribution in [0, 0.1) is 5.92 Å². The van der Waals surface area contributed by atoms with Gasteiger partial charge in [0.25, 0.3) is 5.56 Å². The summed E-state index contributed by atoms with van der Waals surface area (Å²) in [6, 6.07) is 12.3. The lowest BCUT2D eigenvalue weighted by Gasteiger charge is -2.44. The first kappa shape index (κ1) is 17.6. The number of aromatic nitrogens is 1. The van der Waals surface area contributed by atoms with E-state index in [9.17, 15) is 24.6 Å². The number of nitrogens with one attached hydrogen (secondary N) is 1. The number of aromatic amines is 1. The summed E-state index contributed by atoms with van der Waals surface area (Å²) < 4.78 is 0. The molecule has 3 N–H and O–H groups in total. The topological polar surface area (TPSA) is 111 Å². The van der Waals surface area contributed by atoms with E-state index in [2.05, 4.69) is 4.98 Å². The largest absolute Gasteiger partial charge is 0.477 e. The molecule has 1 amide bonds. The SMILES string of the molecule is C[C@@H](O)[C@H]1C(=O)N2C(C(=O)O)=C(c3ccc4[nH]c(=O)c5ccccc5c4c3)C[C@H]12. The molecule has 1 fully saturated rings. The molecule has 0 unspecified atom stereocenters. The standard InChI is InChI=1S/C22H18N2O5/c1-10(25)18-17-9-14(19(22(28)29)24(17)21(18)27)11-6-7-16-15(8-11)12-4-2-3-5-13(12)20(26)23-16/h2-8,10,17-18,25H,9H2,1H3,(H,23,26)(H,28,29)/t10-,17-,18-/m1/s1. The van der Waals surface area contributed by atoms with Crippen LogP contribution in [0.4, 0.5) is 0 Å². The summed E-state index contributed by atoms with van der Waals surface area (Å²) in [5.74, 6) is -2.10. The highest BCUT2D eigenvalue weighted by Gasteiger charge is 2.56. The summed E-state index contributed by atoms with van der Waals surface area (Å²) in [4.78, 5) is 40.8. The number of benzene rings is 2. The predicted octanol–water partition coefficient (Wildman–Crippen LogP) is 2.09. The van der Waals surface area contributed by atoms with E-state index < -0.39 is 18.0 Å². The first-order valence-electron chi connectivity index (χ1n) is 9.41. The number of aliphatic carboxylic acids is 1. The van der Waals surface area contributed by atoms with Crippen LogP contribution >= 0.6 is 0 Å². The van der Waals surface area contributed by atoms with E-state index in [4.69, 9.17) is 0 Å². The Balaban J connectivity index is 1.70. The van der Waals surface area contributed by atoms with Crippen LogP contribution < -0.4 is 5.56 Å². The van der Waals surface area contributed by atoms with Gasteiger partial charge >= 0.3 is 5.97 Å². The molecule has 1 aromatic heterocycles. The van der Waals surface area contributed by atoms with Crippen LogP contribution in [0.5, 0.6) is 0 Å². The second-order valence-electron chi connectivity index (χ2n) is 7.64. The fourth-order valence-corrected chi connectivity index (χ4v) is 4.70. The number of β-lactam (4-membered cyclic amide) rings is 1. The van der Waals surface area contributed by atoms with E-state index in [-0.39, 0.29) is 23.2 Å². The molecule has 0 aliphatic carbocycles. The van der Waals surface area contributed by atoms with Crippen LogP contribution in [0.15, 0.2) is 53.0 Å². The maximum Gasteiger partial charge on any atom is 0.352 e. The van der Waals surface area contributed by atoms with Gasteiger partial charge in [0.15, 0.2) is 0 Å². The number of aliphatic hydroxyl groups excluding tert-OH is 1. The summed E-state index contributed by atoms with van der Waals surface area (Å²) in [7, 11) is 0. The molecule has 2 aliphatic heterocycles. The lowest BCUT2D eigenvalue weighted by Crippen LogP contribution is -2.61. The molecule has 29 heavy (non-hydrogen) atoms. The van der Waals surface area contributed by atoms with Crippen molar-refractivity contribution >= 4 is 39.1 Å². The smallest absolute Gasteiger partial charge is 0.352 e. The normalized spacial score (nSPS) is 22.1. The molecule has 0 radical (unpaired) electrons. The monoisotopic (exact) mass is 390 g/mol. The van der Waals surface area contributed by atoms with Gasteiger partial charge in [-0.2, -0.15) is 0 Å². The van der Waals surface area contributed by atoms with Gasteiger partial charge in [0.2, 0.25) is 5.91 Å². The number of pyridine rings is 1. The van der Waals surface area contributed by atoms with Gasteiger partial charge in [0, 0.05) is 16.3 Å². The van der Waals surface area contributed by atoms with Crippen molar-refractivity contribution in [2.24, 2.45) is 5.92 Å². The molecule has 1 saturated heterocycles. The maximum absolute atomic E-state index is 12.4. The van der Waals surface area contributed by atoms with Gasteiger partial charge in [-0.1, -0.05) is 24.3 Å². The number of fused-ring (bicyclic) bond motifs is 4. The summed E-state index contributed by atoms with van der Waals surface area (Å²) in [5, 5.41) is 21.8. The predicted molar refractivity (Wildman–Crippen MR) is 107 cm³/mol. The number of H-pyrrole nitrogens is 1. The Bertz CT molecular complexity index is 1300. The number of carboxylic acid groups (broad SMARTS) is 1. The van der Waals surface area contributed by atoms with Crippen molar-refractivity contribution < 1.29 is 19.8 Å². The van der Waals surface area contributed by atoms with Gasteiger partial charge in [0.1, 0.15) is 5.70 Å². The average molecular weight is 390 g/mol. The number of rotatable bonds is 3. The van der Waals surface area contributed by atoms with E-state index in [1.54, 1.807) is 31.2 Å². The number of hydrogen-bond donors (Lipinski definition) is 3. The van der Waals surface area contributed by atoms with Crippen LogP contribution in [0.1, 0.15) is 18.9 Å². The molecular formula is C22H18N2O5. The highest BCUT2D eigenvalue weighted by molar-refractivity contribution is 6.09. The number of aliphatic hydroxyl groups is 1. The summed E-state index contributed by atoms with van der Waals surface area (Å²) in [6.45, 7) is 1.55. The van der Waals surface area contributed by atoms with Crippen LogP contribution in [0.3, 0.4) is 0 Å². The molecule has 5 rings (SSSR count). The highest BCUT2D eigenvalue weighted by Crippen LogP contribution is 2.47. The Morgan fingerprint density at radius 1 is 1.14 bits per heavy atom. The van der Waals surface area contributed by atoms with Crippen molar-refractivity contribution in [1.82, 2.24) is 9.88 Å².